The molecule has 1 unspecified atom stereocenters. The number of non-ortho nitro benzene ring substituents is 1. The number of nitrogens with one attached hydrogen (secondary N) is 1. The topological polar surface area (TPSA) is 67.6 Å². The van der Waals surface area contributed by atoms with Gasteiger partial charge in [-0.2, -0.15) is 0 Å². The molecule has 1 aromatic rings. The van der Waals surface area contributed by atoms with Crippen molar-refractivity contribution in [3.05, 3.63) is 28.3 Å². The number of methoxy groups -OCH3 is 1. The van der Waals surface area contributed by atoms with Crippen LogP contribution in [0.15, 0.2) is 18.2 Å². The number of rotatable bonds is 5. The van der Waals surface area contributed by atoms with Gasteiger partial charge in [0, 0.05) is 30.9 Å². The third kappa shape index (κ3) is 3.57. The Balaban J connectivity index is 2.02. The van der Waals surface area contributed by atoms with Gasteiger partial charge in [-0.05, 0) is 25.9 Å². The molecule has 1 fully saturated rings. The number of hydrogen-bond donors (Lipinski definition) is 1. The minimum absolute atomic E-state index is 0.0467. The third-order valence-electron chi connectivity index (χ3n) is 3.42. The molecule has 0 saturated carbocycles. The van der Waals surface area contributed by atoms with Gasteiger partial charge in [-0.25, -0.2) is 0 Å². The summed E-state index contributed by atoms with van der Waals surface area (Å²) in [6, 6.07) is 4.75. The quantitative estimate of drug-likeness (QED) is 0.651. The molecule has 1 aliphatic heterocycles. The van der Waals surface area contributed by atoms with E-state index < -0.39 is 4.92 Å². The Bertz CT molecular complexity index is 464. The molecular formula is C13H19N3O3. The minimum atomic E-state index is -0.406. The van der Waals surface area contributed by atoms with E-state index in [-0.39, 0.29) is 5.69 Å². The Morgan fingerprint density at radius 3 is 2.89 bits per heavy atom. The lowest BCUT2D eigenvalue weighted by Gasteiger charge is -2.13. The van der Waals surface area contributed by atoms with Crippen LogP contribution in [-0.4, -0.2) is 43.6 Å². The smallest absolute Gasteiger partial charge is 0.275 e. The molecule has 0 aromatic heterocycles. The molecule has 104 valence electrons. The van der Waals surface area contributed by atoms with Crippen molar-refractivity contribution in [3.63, 3.8) is 0 Å². The maximum atomic E-state index is 10.8. The first-order valence-electron chi connectivity index (χ1n) is 6.34. The molecule has 19 heavy (non-hydrogen) atoms. The number of ether oxygens (including phenoxy) is 1. The van der Waals surface area contributed by atoms with Crippen LogP contribution in [0.1, 0.15) is 6.42 Å². The molecule has 0 spiro atoms. The highest BCUT2D eigenvalue weighted by Crippen LogP contribution is 2.26. The van der Waals surface area contributed by atoms with Crippen LogP contribution in [0.25, 0.3) is 0 Å². The van der Waals surface area contributed by atoms with E-state index in [1.165, 1.54) is 13.2 Å². The Kier molecular flexibility index (Phi) is 4.21. The minimum Gasteiger partial charge on any atom is -0.496 e. The molecule has 0 amide bonds. The largest absolute Gasteiger partial charge is 0.496 e. The predicted molar refractivity (Wildman–Crippen MR) is 73.7 cm³/mol. The van der Waals surface area contributed by atoms with Crippen molar-refractivity contribution in [2.24, 2.45) is 5.92 Å². The van der Waals surface area contributed by atoms with Gasteiger partial charge in [-0.15, -0.1) is 0 Å². The van der Waals surface area contributed by atoms with Crippen molar-refractivity contribution in [2.75, 3.05) is 39.1 Å². The molecule has 0 bridgehead atoms. The Morgan fingerprint density at radius 1 is 1.53 bits per heavy atom. The zero-order chi connectivity index (χ0) is 13.8. The van der Waals surface area contributed by atoms with Crippen molar-refractivity contribution < 1.29 is 9.66 Å². The number of anilines is 1. The summed E-state index contributed by atoms with van der Waals surface area (Å²) in [5, 5.41) is 14.1. The molecule has 6 nitrogen and oxygen atoms in total. The zero-order valence-electron chi connectivity index (χ0n) is 11.3. The van der Waals surface area contributed by atoms with Crippen molar-refractivity contribution in [1.82, 2.24) is 4.90 Å². The first-order chi connectivity index (χ1) is 9.08. The molecule has 1 aliphatic rings. The van der Waals surface area contributed by atoms with E-state index in [0.29, 0.717) is 11.7 Å². The molecule has 1 atom stereocenters. The Morgan fingerprint density at radius 2 is 2.32 bits per heavy atom. The average molecular weight is 265 g/mol. The fraction of sp³-hybridized carbons (Fsp3) is 0.538. The van der Waals surface area contributed by atoms with Crippen molar-refractivity contribution in [1.29, 1.82) is 0 Å². The average Bonchev–Trinajstić information content (AvgIpc) is 2.81. The number of likely N-dealkylation sites (tertiary alicyclic amines) is 1. The van der Waals surface area contributed by atoms with E-state index in [2.05, 4.69) is 17.3 Å². The van der Waals surface area contributed by atoms with Gasteiger partial charge >= 0.3 is 0 Å². The number of hydrogen-bond acceptors (Lipinski definition) is 5. The van der Waals surface area contributed by atoms with Gasteiger partial charge < -0.3 is 15.0 Å². The summed E-state index contributed by atoms with van der Waals surface area (Å²) in [7, 11) is 3.62. The number of nitro benzene ring substituents is 1. The molecule has 0 radical (unpaired) electrons. The summed E-state index contributed by atoms with van der Waals surface area (Å²) in [6.45, 7) is 3.01. The van der Waals surface area contributed by atoms with E-state index in [4.69, 9.17) is 4.74 Å². The normalized spacial score (nSPS) is 19.4. The molecule has 1 heterocycles. The summed E-state index contributed by atoms with van der Waals surface area (Å²) in [4.78, 5) is 12.7. The number of benzene rings is 1. The summed E-state index contributed by atoms with van der Waals surface area (Å²) >= 11 is 0. The molecule has 6 heteroatoms. The highest BCUT2D eigenvalue weighted by molar-refractivity contribution is 5.56. The number of nitrogens with zero attached hydrogens (tertiary/aromatic N) is 2. The Hall–Kier alpha value is -1.82. The van der Waals surface area contributed by atoms with Gasteiger partial charge in [-0.3, -0.25) is 10.1 Å². The van der Waals surface area contributed by atoms with Gasteiger partial charge in [0.25, 0.3) is 5.69 Å². The van der Waals surface area contributed by atoms with Crippen LogP contribution in [-0.2, 0) is 0 Å². The standard InChI is InChI=1S/C13H19N3O3/c1-15-4-3-10(9-15)8-14-11-5-12(16(17)18)7-13(6-11)19-2/h5-7,10,14H,3-4,8-9H2,1-2H3. The SMILES string of the molecule is COc1cc(NCC2CCN(C)C2)cc([N+](=O)[O-])c1. The fourth-order valence-electron chi connectivity index (χ4n) is 2.36. The third-order valence-corrected chi connectivity index (χ3v) is 3.42. The van der Waals surface area contributed by atoms with Gasteiger partial charge in [0.1, 0.15) is 5.75 Å². The second-order valence-corrected chi connectivity index (χ2v) is 4.97. The van der Waals surface area contributed by atoms with E-state index in [1.54, 1.807) is 12.1 Å². The van der Waals surface area contributed by atoms with E-state index in [9.17, 15) is 10.1 Å². The van der Waals surface area contributed by atoms with Crippen LogP contribution in [0, 0.1) is 16.0 Å². The van der Waals surface area contributed by atoms with E-state index in [1.807, 2.05) is 0 Å². The lowest BCUT2D eigenvalue weighted by atomic mass is 10.1. The summed E-state index contributed by atoms with van der Waals surface area (Å²) in [5.41, 5.74) is 0.783. The first kappa shape index (κ1) is 13.6. The first-order valence-corrected chi connectivity index (χ1v) is 6.34. The van der Waals surface area contributed by atoms with Gasteiger partial charge in [0.05, 0.1) is 18.1 Å². The van der Waals surface area contributed by atoms with Crippen LogP contribution in [0.2, 0.25) is 0 Å². The summed E-state index contributed by atoms with van der Waals surface area (Å²) in [6.07, 6.45) is 1.16. The molecule has 1 aromatic carbocycles. The highest BCUT2D eigenvalue weighted by atomic mass is 16.6. The monoisotopic (exact) mass is 265 g/mol. The van der Waals surface area contributed by atoms with Crippen LogP contribution >= 0.6 is 0 Å². The highest BCUT2D eigenvalue weighted by Gasteiger charge is 2.19. The molecule has 1 saturated heterocycles. The predicted octanol–water partition coefficient (Wildman–Crippen LogP) is 1.97. The van der Waals surface area contributed by atoms with Crippen LogP contribution in [0.5, 0.6) is 5.75 Å². The lowest BCUT2D eigenvalue weighted by Crippen LogP contribution is -2.19. The Labute approximate surface area is 112 Å². The van der Waals surface area contributed by atoms with Gasteiger partial charge in [-0.1, -0.05) is 0 Å². The van der Waals surface area contributed by atoms with Crippen molar-refractivity contribution >= 4 is 11.4 Å². The molecular weight excluding hydrogens is 246 g/mol. The second kappa shape index (κ2) is 5.88. The maximum Gasteiger partial charge on any atom is 0.275 e. The summed E-state index contributed by atoms with van der Waals surface area (Å²) < 4.78 is 5.08. The van der Waals surface area contributed by atoms with Crippen LogP contribution < -0.4 is 10.1 Å². The molecule has 2 rings (SSSR count). The maximum absolute atomic E-state index is 10.8. The molecule has 1 N–H and O–H groups in total. The van der Waals surface area contributed by atoms with Crippen molar-refractivity contribution in [3.8, 4) is 5.75 Å². The lowest BCUT2D eigenvalue weighted by molar-refractivity contribution is -0.384. The molecule has 0 aliphatic carbocycles. The zero-order valence-corrected chi connectivity index (χ0v) is 11.3. The van der Waals surface area contributed by atoms with Gasteiger partial charge in [0.15, 0.2) is 0 Å². The number of nitro groups is 1. The van der Waals surface area contributed by atoms with Crippen LogP contribution in [0.4, 0.5) is 11.4 Å². The van der Waals surface area contributed by atoms with Crippen molar-refractivity contribution in [2.45, 2.75) is 6.42 Å². The summed E-state index contributed by atoms with van der Waals surface area (Å²) in [5.74, 6) is 1.09. The van der Waals surface area contributed by atoms with Crippen LogP contribution in [0.3, 0.4) is 0 Å². The van der Waals surface area contributed by atoms with E-state index >= 15 is 0 Å². The fourth-order valence-corrected chi connectivity index (χ4v) is 2.36. The second-order valence-electron chi connectivity index (χ2n) is 4.97. The van der Waals surface area contributed by atoms with E-state index in [0.717, 1.165) is 31.7 Å². The van der Waals surface area contributed by atoms with Gasteiger partial charge in [0.2, 0.25) is 0 Å².